The molecule has 1 fully saturated rings. The molecular formula is C13H24N4. The Kier molecular flexibility index (Phi) is 3.82. The van der Waals surface area contributed by atoms with Gasteiger partial charge in [0.25, 0.3) is 0 Å². The van der Waals surface area contributed by atoms with E-state index >= 15 is 0 Å². The molecule has 0 spiro atoms. The third-order valence-corrected chi connectivity index (χ3v) is 4.02. The summed E-state index contributed by atoms with van der Waals surface area (Å²) in [5, 5.41) is 7.88. The van der Waals surface area contributed by atoms with E-state index in [1.165, 1.54) is 19.3 Å². The van der Waals surface area contributed by atoms with Gasteiger partial charge in [-0.05, 0) is 45.1 Å². The van der Waals surface area contributed by atoms with Gasteiger partial charge in [-0.1, -0.05) is 6.92 Å². The fourth-order valence-corrected chi connectivity index (χ4v) is 2.50. The van der Waals surface area contributed by atoms with Crippen molar-refractivity contribution < 1.29 is 0 Å². The predicted molar refractivity (Wildman–Crippen MR) is 68.8 cm³/mol. The molecule has 1 N–H and O–H groups in total. The molecule has 1 atom stereocenters. The Morgan fingerprint density at radius 2 is 2.24 bits per heavy atom. The fourth-order valence-electron chi connectivity index (χ4n) is 2.50. The highest BCUT2D eigenvalue weighted by Gasteiger charge is 2.47. The van der Waals surface area contributed by atoms with Crippen molar-refractivity contribution in [3.05, 3.63) is 12.2 Å². The van der Waals surface area contributed by atoms with Crippen molar-refractivity contribution in [2.45, 2.75) is 59.0 Å². The molecule has 1 aromatic heterocycles. The lowest BCUT2D eigenvalue weighted by Crippen LogP contribution is -2.37. The average Bonchev–Trinajstić information content (AvgIpc) is 2.98. The Balaban J connectivity index is 1.98. The molecule has 0 aliphatic heterocycles. The molecule has 1 aliphatic rings. The maximum absolute atomic E-state index is 4.40. The zero-order valence-corrected chi connectivity index (χ0v) is 11.2. The van der Waals surface area contributed by atoms with Gasteiger partial charge >= 0.3 is 0 Å². The molecular weight excluding hydrogens is 212 g/mol. The Hall–Kier alpha value is -0.900. The number of nitrogens with zero attached hydrogens (tertiary/aromatic N) is 3. The molecule has 2 rings (SSSR count). The van der Waals surface area contributed by atoms with E-state index in [0.717, 1.165) is 25.3 Å². The van der Waals surface area contributed by atoms with Gasteiger partial charge in [-0.3, -0.25) is 4.68 Å². The zero-order valence-electron chi connectivity index (χ0n) is 11.2. The lowest BCUT2D eigenvalue weighted by Gasteiger charge is -2.24. The first-order chi connectivity index (χ1) is 8.22. The number of aromatic nitrogens is 3. The van der Waals surface area contributed by atoms with E-state index in [-0.39, 0.29) is 0 Å². The number of hydrogen-bond acceptors (Lipinski definition) is 3. The van der Waals surface area contributed by atoms with Crippen molar-refractivity contribution in [1.29, 1.82) is 0 Å². The van der Waals surface area contributed by atoms with Crippen LogP contribution in [0.3, 0.4) is 0 Å². The molecule has 1 heterocycles. The van der Waals surface area contributed by atoms with Gasteiger partial charge in [0.1, 0.15) is 12.2 Å². The Morgan fingerprint density at radius 3 is 2.82 bits per heavy atom. The van der Waals surface area contributed by atoms with Crippen LogP contribution in [0, 0.1) is 5.41 Å². The molecule has 0 bridgehead atoms. The first-order valence-electron chi connectivity index (χ1n) is 6.82. The summed E-state index contributed by atoms with van der Waals surface area (Å²) >= 11 is 0. The van der Waals surface area contributed by atoms with Crippen molar-refractivity contribution in [3.8, 4) is 0 Å². The summed E-state index contributed by atoms with van der Waals surface area (Å²) in [6.07, 6.45) is 6.59. The number of nitrogens with one attached hydrogen (secondary N) is 1. The highest BCUT2D eigenvalue weighted by atomic mass is 15.3. The van der Waals surface area contributed by atoms with E-state index in [2.05, 4.69) is 36.2 Å². The van der Waals surface area contributed by atoms with E-state index < -0.39 is 0 Å². The van der Waals surface area contributed by atoms with Crippen molar-refractivity contribution >= 4 is 0 Å². The topological polar surface area (TPSA) is 42.7 Å². The second-order valence-corrected chi connectivity index (χ2v) is 5.21. The summed E-state index contributed by atoms with van der Waals surface area (Å²) in [4.78, 5) is 4.40. The van der Waals surface area contributed by atoms with Crippen LogP contribution in [0.25, 0.3) is 0 Å². The van der Waals surface area contributed by atoms with Gasteiger partial charge in [0, 0.05) is 19.0 Å². The van der Waals surface area contributed by atoms with Gasteiger partial charge < -0.3 is 5.32 Å². The van der Waals surface area contributed by atoms with Crippen LogP contribution in [0.2, 0.25) is 0 Å². The van der Waals surface area contributed by atoms with Gasteiger partial charge in [0.2, 0.25) is 0 Å². The minimum absolute atomic E-state index is 0.440. The van der Waals surface area contributed by atoms with Gasteiger partial charge in [-0.25, -0.2) is 4.98 Å². The van der Waals surface area contributed by atoms with Crippen molar-refractivity contribution in [2.24, 2.45) is 5.41 Å². The fraction of sp³-hybridized carbons (Fsp3) is 0.846. The molecule has 17 heavy (non-hydrogen) atoms. The molecule has 96 valence electrons. The maximum atomic E-state index is 4.40. The van der Waals surface area contributed by atoms with E-state index in [4.69, 9.17) is 0 Å². The van der Waals surface area contributed by atoms with Gasteiger partial charge in [-0.15, -0.1) is 0 Å². The SMILES string of the molecule is CCCNC(C)C1(Cc2ncnn2CC)CC1. The van der Waals surface area contributed by atoms with Crippen LogP contribution in [-0.2, 0) is 13.0 Å². The molecule has 4 nitrogen and oxygen atoms in total. The summed E-state index contributed by atoms with van der Waals surface area (Å²) in [6, 6.07) is 0.587. The first kappa shape index (κ1) is 12.6. The summed E-state index contributed by atoms with van der Waals surface area (Å²) in [5.41, 5.74) is 0.440. The summed E-state index contributed by atoms with van der Waals surface area (Å²) in [5.74, 6) is 1.15. The van der Waals surface area contributed by atoms with Crippen molar-refractivity contribution in [2.75, 3.05) is 6.54 Å². The highest BCUT2D eigenvalue weighted by molar-refractivity contribution is 5.06. The third-order valence-electron chi connectivity index (χ3n) is 4.02. The molecule has 0 amide bonds. The van der Waals surface area contributed by atoms with Crippen molar-refractivity contribution in [1.82, 2.24) is 20.1 Å². The molecule has 0 radical (unpaired) electrons. The quantitative estimate of drug-likeness (QED) is 0.787. The average molecular weight is 236 g/mol. The predicted octanol–water partition coefficient (Wildman–Crippen LogP) is 2.01. The van der Waals surface area contributed by atoms with E-state index in [1.54, 1.807) is 6.33 Å². The maximum Gasteiger partial charge on any atom is 0.138 e. The molecule has 1 aromatic rings. The second-order valence-electron chi connectivity index (χ2n) is 5.21. The monoisotopic (exact) mass is 236 g/mol. The molecule has 1 unspecified atom stereocenters. The Bertz CT molecular complexity index is 354. The summed E-state index contributed by atoms with van der Waals surface area (Å²) < 4.78 is 2.02. The second kappa shape index (κ2) is 5.17. The van der Waals surface area contributed by atoms with Crippen LogP contribution in [0.15, 0.2) is 6.33 Å². The summed E-state index contributed by atoms with van der Waals surface area (Å²) in [7, 11) is 0. The normalized spacial score (nSPS) is 19.2. The third kappa shape index (κ3) is 2.68. The lowest BCUT2D eigenvalue weighted by molar-refractivity contribution is 0.339. The molecule has 1 saturated carbocycles. The van der Waals surface area contributed by atoms with E-state index in [9.17, 15) is 0 Å². The molecule has 4 heteroatoms. The van der Waals surface area contributed by atoms with Crippen LogP contribution in [0.5, 0.6) is 0 Å². The number of hydrogen-bond donors (Lipinski definition) is 1. The zero-order chi connectivity index (χ0) is 12.3. The van der Waals surface area contributed by atoms with Crippen LogP contribution in [-0.4, -0.2) is 27.4 Å². The van der Waals surface area contributed by atoms with E-state index in [1.807, 2.05) is 4.68 Å². The highest BCUT2D eigenvalue weighted by Crippen LogP contribution is 2.50. The molecule has 0 saturated heterocycles. The smallest absolute Gasteiger partial charge is 0.138 e. The van der Waals surface area contributed by atoms with Gasteiger partial charge in [0.15, 0.2) is 0 Å². The standard InChI is InChI=1S/C13H24N4/c1-4-8-14-11(3)13(6-7-13)9-12-15-10-16-17(12)5-2/h10-11,14H,4-9H2,1-3H3. The minimum atomic E-state index is 0.440. The van der Waals surface area contributed by atoms with E-state index in [0.29, 0.717) is 11.5 Å². The Labute approximate surface area is 104 Å². The Morgan fingerprint density at radius 1 is 1.47 bits per heavy atom. The summed E-state index contributed by atoms with van der Waals surface area (Å²) in [6.45, 7) is 8.68. The van der Waals surface area contributed by atoms with Gasteiger partial charge in [0.05, 0.1) is 0 Å². The first-order valence-corrected chi connectivity index (χ1v) is 6.82. The number of rotatable bonds is 7. The molecule has 1 aliphatic carbocycles. The number of aryl methyl sites for hydroxylation is 1. The molecule has 0 aromatic carbocycles. The van der Waals surface area contributed by atoms with Crippen molar-refractivity contribution in [3.63, 3.8) is 0 Å². The van der Waals surface area contributed by atoms with Crippen LogP contribution in [0.4, 0.5) is 0 Å². The van der Waals surface area contributed by atoms with Crippen LogP contribution in [0.1, 0.15) is 45.9 Å². The minimum Gasteiger partial charge on any atom is -0.314 e. The van der Waals surface area contributed by atoms with Gasteiger partial charge in [-0.2, -0.15) is 5.10 Å². The largest absolute Gasteiger partial charge is 0.314 e. The van der Waals surface area contributed by atoms with Crippen LogP contribution >= 0.6 is 0 Å². The lowest BCUT2D eigenvalue weighted by atomic mass is 9.93. The van der Waals surface area contributed by atoms with Crippen LogP contribution < -0.4 is 5.32 Å².